The number of carbonyl (C=O) groups is 1. The first-order chi connectivity index (χ1) is 10.1. The van der Waals surface area contributed by atoms with Gasteiger partial charge in [0.15, 0.2) is 0 Å². The van der Waals surface area contributed by atoms with Crippen LogP contribution in [-0.2, 0) is 4.79 Å². The van der Waals surface area contributed by atoms with Gasteiger partial charge in [-0.1, -0.05) is 26.0 Å². The second kappa shape index (κ2) is 5.65. The molecule has 2 aliphatic rings. The lowest BCUT2D eigenvalue weighted by Gasteiger charge is -2.32. The molecule has 1 aliphatic heterocycles. The maximum absolute atomic E-state index is 12.8. The summed E-state index contributed by atoms with van der Waals surface area (Å²) in [6.45, 7) is 4.35. The molecule has 114 valence electrons. The van der Waals surface area contributed by atoms with Crippen molar-refractivity contribution in [3.05, 3.63) is 29.8 Å². The third-order valence-corrected chi connectivity index (χ3v) is 5.60. The largest absolute Gasteiger partial charge is 0.318 e. The highest BCUT2D eigenvalue weighted by Gasteiger charge is 2.60. The Morgan fingerprint density at radius 3 is 2.38 bits per heavy atom. The number of hydrogen-bond acceptors (Lipinski definition) is 3. The molecule has 1 aromatic carbocycles. The molecule has 1 N–H and O–H groups in total. The van der Waals surface area contributed by atoms with E-state index >= 15 is 0 Å². The van der Waals surface area contributed by atoms with E-state index in [1.165, 1.54) is 10.5 Å². The molecule has 21 heavy (non-hydrogen) atoms. The van der Waals surface area contributed by atoms with E-state index in [0.29, 0.717) is 11.9 Å². The van der Waals surface area contributed by atoms with E-state index in [-0.39, 0.29) is 11.7 Å². The van der Waals surface area contributed by atoms with Gasteiger partial charge in [0, 0.05) is 10.9 Å². The number of hydrogen-bond donors (Lipinski definition) is 1. The van der Waals surface area contributed by atoms with E-state index < -0.39 is 0 Å². The molecule has 3 nitrogen and oxygen atoms in total. The molecule has 3 rings (SSSR count). The summed E-state index contributed by atoms with van der Waals surface area (Å²) in [5.74, 6) is 0.315. The van der Waals surface area contributed by atoms with Gasteiger partial charge in [0.25, 0.3) is 0 Å². The quantitative estimate of drug-likeness (QED) is 0.844. The summed E-state index contributed by atoms with van der Waals surface area (Å²) in [6, 6.07) is 8.95. The lowest BCUT2D eigenvalue weighted by atomic mass is 10.1. The first kappa shape index (κ1) is 14.9. The summed E-state index contributed by atoms with van der Waals surface area (Å²) in [6.07, 6.45) is 6.13. The highest BCUT2D eigenvalue weighted by Crippen LogP contribution is 2.47. The van der Waals surface area contributed by atoms with Gasteiger partial charge < -0.3 is 4.90 Å². The number of carbonyl (C=O) groups excluding carboxylic acids is 1. The third-order valence-electron chi connectivity index (χ3n) is 4.85. The van der Waals surface area contributed by atoms with Crippen molar-refractivity contribution in [2.24, 2.45) is 0 Å². The number of thioether (sulfide) groups is 1. The minimum Gasteiger partial charge on any atom is -0.318 e. The number of benzene rings is 1. The summed E-state index contributed by atoms with van der Waals surface area (Å²) in [4.78, 5) is 16.2. The monoisotopic (exact) mass is 304 g/mol. The zero-order valence-electron chi connectivity index (χ0n) is 13.1. The Kier molecular flexibility index (Phi) is 4.02. The lowest BCUT2D eigenvalue weighted by Crippen LogP contribution is -2.39. The van der Waals surface area contributed by atoms with E-state index in [9.17, 15) is 4.79 Å². The van der Waals surface area contributed by atoms with Gasteiger partial charge in [0.2, 0.25) is 5.91 Å². The zero-order chi connectivity index (χ0) is 15.0. The van der Waals surface area contributed by atoms with Crippen molar-refractivity contribution in [2.45, 2.75) is 62.2 Å². The van der Waals surface area contributed by atoms with Gasteiger partial charge in [-0.05, 0) is 49.6 Å². The lowest BCUT2D eigenvalue weighted by molar-refractivity contribution is -0.133. The normalized spacial score (nSPS) is 23.3. The van der Waals surface area contributed by atoms with Crippen molar-refractivity contribution in [3.63, 3.8) is 0 Å². The number of nitrogens with one attached hydrogen (secondary N) is 1. The van der Waals surface area contributed by atoms with E-state index in [1.807, 2.05) is 0 Å². The van der Waals surface area contributed by atoms with Crippen molar-refractivity contribution >= 4 is 17.7 Å². The van der Waals surface area contributed by atoms with Crippen LogP contribution in [0.4, 0.5) is 0 Å². The van der Waals surface area contributed by atoms with E-state index in [2.05, 4.69) is 54.6 Å². The molecule has 1 saturated carbocycles. The molecule has 1 aliphatic carbocycles. The Morgan fingerprint density at radius 1 is 1.29 bits per heavy atom. The minimum absolute atomic E-state index is 0.0424. The van der Waals surface area contributed by atoms with Crippen molar-refractivity contribution in [1.82, 2.24) is 10.2 Å². The highest BCUT2D eigenvalue weighted by molar-refractivity contribution is 7.98. The van der Waals surface area contributed by atoms with Gasteiger partial charge >= 0.3 is 0 Å². The standard InChI is InChI=1S/C17H24N2OS/c1-4-13(5-2)19-15(18-17(10-11-17)16(19)20)12-6-8-14(21-3)9-7-12/h6-9,13,15,18H,4-5,10-11H2,1-3H3. The van der Waals surface area contributed by atoms with Crippen LogP contribution in [-0.4, -0.2) is 28.6 Å². The van der Waals surface area contributed by atoms with Crippen LogP contribution in [0.1, 0.15) is 51.3 Å². The SMILES string of the molecule is CCC(CC)N1C(=O)C2(CC2)NC1c1ccc(SC)cc1. The second-order valence-electron chi connectivity index (χ2n) is 6.08. The summed E-state index contributed by atoms with van der Waals surface area (Å²) in [5.41, 5.74) is 0.961. The predicted molar refractivity (Wildman–Crippen MR) is 87.3 cm³/mol. The van der Waals surface area contributed by atoms with Crippen molar-refractivity contribution in [3.8, 4) is 0 Å². The Morgan fingerprint density at radius 2 is 1.90 bits per heavy atom. The van der Waals surface area contributed by atoms with Gasteiger partial charge in [-0.3, -0.25) is 10.1 Å². The molecule has 1 spiro atoms. The minimum atomic E-state index is -0.245. The highest BCUT2D eigenvalue weighted by atomic mass is 32.2. The average Bonchev–Trinajstić information content (AvgIpc) is 3.25. The predicted octanol–water partition coefficient (Wildman–Crippen LogP) is 3.56. The van der Waals surface area contributed by atoms with Gasteiger partial charge in [-0.2, -0.15) is 0 Å². The first-order valence-electron chi connectivity index (χ1n) is 7.89. The molecule has 4 heteroatoms. The fourth-order valence-corrected chi connectivity index (χ4v) is 3.74. The smallest absolute Gasteiger partial charge is 0.244 e. The molecule has 0 aromatic heterocycles. The number of nitrogens with zero attached hydrogens (tertiary/aromatic N) is 1. The molecule has 2 fully saturated rings. The van der Waals surface area contributed by atoms with Crippen molar-refractivity contribution < 1.29 is 4.79 Å². The van der Waals surface area contributed by atoms with Crippen LogP contribution in [0.25, 0.3) is 0 Å². The van der Waals surface area contributed by atoms with Crippen LogP contribution in [0.3, 0.4) is 0 Å². The van der Waals surface area contributed by atoms with E-state index in [1.54, 1.807) is 11.8 Å². The Bertz CT molecular complexity index is 520. The topological polar surface area (TPSA) is 32.3 Å². The molecule has 0 radical (unpaired) electrons. The summed E-state index contributed by atoms with van der Waals surface area (Å²) >= 11 is 1.75. The maximum atomic E-state index is 12.8. The Labute approximate surface area is 131 Å². The van der Waals surface area contributed by atoms with Gasteiger partial charge in [-0.15, -0.1) is 11.8 Å². The molecule has 0 bridgehead atoms. The van der Waals surface area contributed by atoms with Crippen LogP contribution in [0.15, 0.2) is 29.2 Å². The van der Waals surface area contributed by atoms with Crippen molar-refractivity contribution in [1.29, 1.82) is 0 Å². The molecule has 1 unspecified atom stereocenters. The second-order valence-corrected chi connectivity index (χ2v) is 6.96. The summed E-state index contributed by atoms with van der Waals surface area (Å²) < 4.78 is 0. The van der Waals surface area contributed by atoms with Crippen LogP contribution >= 0.6 is 11.8 Å². The number of rotatable bonds is 5. The number of amides is 1. The third kappa shape index (κ3) is 2.49. The molecule has 1 amide bonds. The maximum Gasteiger partial charge on any atom is 0.244 e. The van der Waals surface area contributed by atoms with Crippen LogP contribution in [0, 0.1) is 0 Å². The fourth-order valence-electron chi connectivity index (χ4n) is 3.33. The zero-order valence-corrected chi connectivity index (χ0v) is 13.9. The van der Waals surface area contributed by atoms with Crippen LogP contribution in [0.5, 0.6) is 0 Å². The Hall–Kier alpha value is -1.00. The summed E-state index contributed by atoms with van der Waals surface area (Å²) in [5, 5.41) is 3.61. The molecule has 1 heterocycles. The van der Waals surface area contributed by atoms with E-state index in [4.69, 9.17) is 0 Å². The summed E-state index contributed by atoms with van der Waals surface area (Å²) in [7, 11) is 0. The molecular formula is C17H24N2OS. The average molecular weight is 304 g/mol. The molecular weight excluding hydrogens is 280 g/mol. The van der Waals surface area contributed by atoms with Crippen LogP contribution < -0.4 is 5.32 Å². The first-order valence-corrected chi connectivity index (χ1v) is 9.12. The van der Waals surface area contributed by atoms with Crippen LogP contribution in [0.2, 0.25) is 0 Å². The van der Waals surface area contributed by atoms with Gasteiger partial charge in [0.05, 0.1) is 0 Å². The van der Waals surface area contributed by atoms with Crippen molar-refractivity contribution in [2.75, 3.05) is 6.26 Å². The molecule has 1 aromatic rings. The van der Waals surface area contributed by atoms with E-state index in [0.717, 1.165) is 25.7 Å². The molecule has 1 saturated heterocycles. The van der Waals surface area contributed by atoms with Gasteiger partial charge in [0.1, 0.15) is 11.7 Å². The van der Waals surface area contributed by atoms with Gasteiger partial charge in [-0.25, -0.2) is 0 Å². The fraction of sp³-hybridized carbons (Fsp3) is 0.588. The Balaban J connectivity index is 1.92. The molecule has 1 atom stereocenters.